The number of ether oxygens (including phenoxy) is 2. The zero-order valence-corrected chi connectivity index (χ0v) is 16.6. The van der Waals surface area contributed by atoms with Crippen molar-refractivity contribution >= 4 is 34.8 Å². The number of rotatable bonds is 6. The first-order valence-corrected chi connectivity index (χ1v) is 9.40. The molecule has 1 saturated heterocycles. The molecule has 3 rings (SSSR count). The third-order valence-corrected chi connectivity index (χ3v) is 4.91. The van der Waals surface area contributed by atoms with E-state index in [1.54, 1.807) is 0 Å². The van der Waals surface area contributed by atoms with E-state index in [4.69, 9.17) is 14.6 Å². The number of aliphatic hydroxyl groups excluding tert-OH is 1. The number of Topliss-reactive ketones (excluding diaryl/α,β-unsaturated/α-hetero) is 1. The highest BCUT2D eigenvalue weighted by atomic mass is 32.2. The zero-order valence-electron chi connectivity index (χ0n) is 15.8. The number of carbonyl (C=O) groups excluding carboxylic acids is 3. The molecule has 0 radical (unpaired) electrons. The second kappa shape index (κ2) is 8.82. The van der Waals surface area contributed by atoms with Crippen molar-refractivity contribution in [2.24, 2.45) is 0 Å². The van der Waals surface area contributed by atoms with Crippen molar-refractivity contribution in [3.63, 3.8) is 0 Å². The summed E-state index contributed by atoms with van der Waals surface area (Å²) in [4.78, 5) is 34.6. The van der Waals surface area contributed by atoms with Crippen LogP contribution in [0.15, 0.2) is 41.3 Å². The lowest BCUT2D eigenvalue weighted by Crippen LogP contribution is -2.17. The van der Waals surface area contributed by atoms with Gasteiger partial charge in [-0.25, -0.2) is 0 Å². The second-order valence-corrected chi connectivity index (χ2v) is 7.17. The molecule has 0 spiro atoms. The molecule has 1 aliphatic rings. The third-order valence-electron chi connectivity index (χ3n) is 4.10. The Morgan fingerprint density at radius 1 is 1.13 bits per heavy atom. The molecule has 162 valence electrons. The molecule has 0 aromatic heterocycles. The fraction of sp³-hybridized carbons (Fsp3) is 0.150. The highest BCUT2D eigenvalue weighted by molar-refractivity contribution is 8.18. The molecule has 7 nitrogen and oxygen atoms in total. The molecule has 0 saturated carbocycles. The normalized spacial score (nSPS) is 15.2. The molecule has 2 N–H and O–H groups in total. The van der Waals surface area contributed by atoms with Gasteiger partial charge in [0.15, 0.2) is 17.3 Å². The Bertz CT molecular complexity index is 1100. The van der Waals surface area contributed by atoms with Crippen molar-refractivity contribution in [2.75, 3.05) is 13.7 Å². The number of hydrogen-bond acceptors (Lipinski definition) is 7. The van der Waals surface area contributed by atoms with Crippen LogP contribution in [0.3, 0.4) is 0 Å². The number of imide groups is 1. The van der Waals surface area contributed by atoms with Gasteiger partial charge in [0.05, 0.1) is 17.6 Å². The van der Waals surface area contributed by atoms with E-state index in [2.05, 4.69) is 5.32 Å². The van der Waals surface area contributed by atoms with Gasteiger partial charge in [0.1, 0.15) is 12.4 Å². The molecule has 0 atom stereocenters. The molecular weight excluding hydrogens is 439 g/mol. The van der Waals surface area contributed by atoms with Crippen LogP contribution in [0.2, 0.25) is 0 Å². The van der Waals surface area contributed by atoms with Crippen LogP contribution in [0.4, 0.5) is 18.0 Å². The number of hydrogen-bond donors (Lipinski definition) is 2. The summed E-state index contributed by atoms with van der Waals surface area (Å²) in [7, 11) is 1.29. The maximum Gasteiger partial charge on any atom is 0.420 e. The Balaban J connectivity index is 1.95. The molecule has 11 heteroatoms. The van der Waals surface area contributed by atoms with Crippen LogP contribution in [0.5, 0.6) is 17.2 Å². The fourth-order valence-corrected chi connectivity index (χ4v) is 3.34. The molecule has 1 fully saturated rings. The maximum absolute atomic E-state index is 13.5. The standard InChI is InChI=1S/C20H14F3NO6S/c1-29-16-6-10(7-17-18(27)24-19(28)31-17)2-4-15(16)30-14-5-3-11(13(26)9-25)8-12(14)20(21,22)23/h2-8,25H,9H2,1H3,(H,24,27,28)/b17-7-. The summed E-state index contributed by atoms with van der Waals surface area (Å²) >= 11 is 0.718. The quantitative estimate of drug-likeness (QED) is 0.503. The molecule has 31 heavy (non-hydrogen) atoms. The number of halogens is 3. The van der Waals surface area contributed by atoms with Crippen LogP contribution in [0, 0.1) is 0 Å². The van der Waals surface area contributed by atoms with Crippen LogP contribution in [-0.2, 0) is 11.0 Å². The Morgan fingerprint density at radius 3 is 2.42 bits per heavy atom. The monoisotopic (exact) mass is 453 g/mol. The summed E-state index contributed by atoms with van der Waals surface area (Å²) in [5.74, 6) is -1.95. The minimum absolute atomic E-state index is 0.0454. The van der Waals surface area contributed by atoms with Crippen molar-refractivity contribution in [1.29, 1.82) is 0 Å². The first kappa shape index (κ1) is 22.4. The summed E-state index contributed by atoms with van der Waals surface area (Å²) < 4.78 is 51.0. The summed E-state index contributed by atoms with van der Waals surface area (Å²) in [6, 6.07) is 6.94. The Morgan fingerprint density at radius 2 is 1.84 bits per heavy atom. The first-order chi connectivity index (χ1) is 14.6. The Hall–Kier alpha value is -3.31. The highest BCUT2D eigenvalue weighted by Gasteiger charge is 2.35. The Kier molecular flexibility index (Phi) is 6.37. The van der Waals surface area contributed by atoms with Gasteiger partial charge in [-0.05, 0) is 53.7 Å². The smallest absolute Gasteiger partial charge is 0.420 e. The van der Waals surface area contributed by atoms with Gasteiger partial charge in [0, 0.05) is 5.56 Å². The number of carbonyl (C=O) groups is 3. The van der Waals surface area contributed by atoms with Crippen molar-refractivity contribution < 1.29 is 42.1 Å². The largest absolute Gasteiger partial charge is 0.493 e. The molecule has 1 aliphatic heterocycles. The van der Waals surface area contributed by atoms with Crippen LogP contribution < -0.4 is 14.8 Å². The van der Waals surface area contributed by atoms with Gasteiger partial charge >= 0.3 is 6.18 Å². The lowest BCUT2D eigenvalue weighted by molar-refractivity contribution is -0.138. The summed E-state index contributed by atoms with van der Waals surface area (Å²) in [6.45, 7) is -0.926. The van der Waals surface area contributed by atoms with E-state index < -0.39 is 41.0 Å². The van der Waals surface area contributed by atoms with E-state index in [0.29, 0.717) is 11.6 Å². The molecule has 1 heterocycles. The van der Waals surface area contributed by atoms with E-state index in [-0.39, 0.29) is 22.0 Å². The SMILES string of the molecule is COc1cc(/C=C2\SC(=O)NC2=O)ccc1Oc1ccc(C(=O)CO)cc1C(F)(F)F. The van der Waals surface area contributed by atoms with Gasteiger partial charge in [-0.2, -0.15) is 13.2 Å². The molecule has 0 bridgehead atoms. The number of benzene rings is 2. The van der Waals surface area contributed by atoms with Gasteiger partial charge in [-0.1, -0.05) is 6.07 Å². The molecule has 2 aromatic carbocycles. The van der Waals surface area contributed by atoms with E-state index in [0.717, 1.165) is 23.9 Å². The van der Waals surface area contributed by atoms with Crippen molar-refractivity contribution in [3.8, 4) is 17.2 Å². The van der Waals surface area contributed by atoms with Crippen molar-refractivity contribution in [3.05, 3.63) is 58.0 Å². The lowest BCUT2D eigenvalue weighted by atomic mass is 10.1. The summed E-state index contributed by atoms with van der Waals surface area (Å²) in [5.41, 5.74) is -1.05. The minimum Gasteiger partial charge on any atom is -0.493 e. The van der Waals surface area contributed by atoms with Gasteiger partial charge in [-0.15, -0.1) is 0 Å². The minimum atomic E-state index is -4.82. The number of nitrogens with one attached hydrogen (secondary N) is 1. The van der Waals surface area contributed by atoms with Gasteiger partial charge in [0.2, 0.25) is 0 Å². The third kappa shape index (κ3) is 5.06. The lowest BCUT2D eigenvalue weighted by Gasteiger charge is -2.16. The van der Waals surface area contributed by atoms with E-state index in [1.807, 2.05) is 0 Å². The highest BCUT2D eigenvalue weighted by Crippen LogP contribution is 2.41. The van der Waals surface area contributed by atoms with Gasteiger partial charge in [-0.3, -0.25) is 19.7 Å². The number of alkyl halides is 3. The van der Waals surface area contributed by atoms with Crippen LogP contribution in [0.1, 0.15) is 21.5 Å². The molecule has 2 aromatic rings. The number of aliphatic hydroxyl groups is 1. The van der Waals surface area contributed by atoms with E-state index >= 15 is 0 Å². The maximum atomic E-state index is 13.5. The number of amides is 2. The number of ketones is 1. The van der Waals surface area contributed by atoms with Gasteiger partial charge < -0.3 is 14.6 Å². The Labute approximate surface area is 177 Å². The molecule has 0 unspecified atom stereocenters. The molecule has 2 amide bonds. The number of methoxy groups -OCH3 is 1. The average Bonchev–Trinajstić information content (AvgIpc) is 3.04. The van der Waals surface area contributed by atoms with E-state index in [1.165, 1.54) is 31.4 Å². The van der Waals surface area contributed by atoms with Crippen molar-refractivity contribution in [2.45, 2.75) is 6.18 Å². The molecule has 0 aliphatic carbocycles. The van der Waals surface area contributed by atoms with Crippen molar-refractivity contribution in [1.82, 2.24) is 5.32 Å². The van der Waals surface area contributed by atoms with Gasteiger partial charge in [0.25, 0.3) is 11.1 Å². The summed E-state index contributed by atoms with van der Waals surface area (Å²) in [6.07, 6.45) is -3.40. The zero-order chi connectivity index (χ0) is 22.8. The predicted molar refractivity (Wildman–Crippen MR) is 105 cm³/mol. The second-order valence-electron chi connectivity index (χ2n) is 6.15. The predicted octanol–water partition coefficient (Wildman–Crippen LogP) is 4.01. The van der Waals surface area contributed by atoms with Crippen LogP contribution in [-0.4, -0.2) is 35.8 Å². The first-order valence-electron chi connectivity index (χ1n) is 8.58. The van der Waals surface area contributed by atoms with E-state index in [9.17, 15) is 27.6 Å². The number of thioether (sulfide) groups is 1. The van der Waals surface area contributed by atoms with Crippen LogP contribution >= 0.6 is 11.8 Å². The fourth-order valence-electron chi connectivity index (χ4n) is 2.65. The van der Waals surface area contributed by atoms with Crippen LogP contribution in [0.25, 0.3) is 6.08 Å². The summed E-state index contributed by atoms with van der Waals surface area (Å²) in [5, 5.41) is 10.5. The average molecular weight is 453 g/mol. The molecular formula is C20H14F3NO6S. The topological polar surface area (TPSA) is 102 Å².